The van der Waals surface area contributed by atoms with Crippen LogP contribution in [0.2, 0.25) is 0 Å². The summed E-state index contributed by atoms with van der Waals surface area (Å²) in [6.45, 7) is 3.36. The molecule has 6 heteroatoms. The number of allylic oxidation sites excluding steroid dienone is 1. The normalized spacial score (nSPS) is 12.2. The predicted octanol–water partition coefficient (Wildman–Crippen LogP) is 1.78. The highest BCUT2D eigenvalue weighted by atomic mass is 16.3. The van der Waals surface area contributed by atoms with Crippen LogP contribution in [-0.4, -0.2) is 20.5 Å². The average Bonchev–Trinajstić information content (AvgIpc) is 3.07. The fourth-order valence-corrected chi connectivity index (χ4v) is 1.59. The van der Waals surface area contributed by atoms with Crippen molar-refractivity contribution in [2.75, 3.05) is 0 Å². The van der Waals surface area contributed by atoms with Crippen molar-refractivity contribution in [2.24, 2.45) is 0 Å². The standard InChI is InChI=1S/C13H12N4O2/c1-13(2,17-9-15-8-16-17)12(18)10(7-14)6-11-4-3-5-19-11/h3-6,8-9H,1-2H3/b10-6+. The third kappa shape index (κ3) is 2.45. The van der Waals surface area contributed by atoms with E-state index in [9.17, 15) is 4.79 Å². The lowest BCUT2D eigenvalue weighted by Gasteiger charge is -2.22. The summed E-state index contributed by atoms with van der Waals surface area (Å²) in [5.41, 5.74) is -0.972. The lowest BCUT2D eigenvalue weighted by atomic mass is 9.93. The first-order valence-corrected chi connectivity index (χ1v) is 5.61. The third-order valence-corrected chi connectivity index (χ3v) is 2.74. The average molecular weight is 256 g/mol. The lowest BCUT2D eigenvalue weighted by Crippen LogP contribution is -2.37. The van der Waals surface area contributed by atoms with Crippen molar-refractivity contribution < 1.29 is 9.21 Å². The number of hydrogen-bond donors (Lipinski definition) is 0. The molecule has 0 radical (unpaired) electrons. The fraction of sp³-hybridized carbons (Fsp3) is 0.231. The molecule has 2 aromatic heterocycles. The van der Waals surface area contributed by atoms with E-state index in [-0.39, 0.29) is 11.4 Å². The van der Waals surface area contributed by atoms with E-state index in [1.807, 2.05) is 6.07 Å². The van der Waals surface area contributed by atoms with Crippen LogP contribution in [0.5, 0.6) is 0 Å². The van der Waals surface area contributed by atoms with E-state index < -0.39 is 5.54 Å². The first-order valence-electron chi connectivity index (χ1n) is 5.61. The van der Waals surface area contributed by atoms with Crippen molar-refractivity contribution in [1.29, 1.82) is 5.26 Å². The summed E-state index contributed by atoms with van der Waals surface area (Å²) in [5.74, 6) is 0.108. The number of carbonyl (C=O) groups is 1. The van der Waals surface area contributed by atoms with E-state index in [4.69, 9.17) is 9.68 Å². The Morgan fingerprint density at radius 1 is 1.58 bits per heavy atom. The molecule has 0 aliphatic carbocycles. The largest absolute Gasteiger partial charge is 0.465 e. The SMILES string of the molecule is CC(C)(C(=O)/C(C#N)=C/c1ccco1)n1cncn1. The highest BCUT2D eigenvalue weighted by molar-refractivity contribution is 6.07. The van der Waals surface area contributed by atoms with Gasteiger partial charge in [-0.2, -0.15) is 10.4 Å². The zero-order valence-corrected chi connectivity index (χ0v) is 10.6. The van der Waals surface area contributed by atoms with Gasteiger partial charge < -0.3 is 4.42 Å². The van der Waals surface area contributed by atoms with E-state index in [0.29, 0.717) is 5.76 Å². The number of aromatic nitrogens is 3. The van der Waals surface area contributed by atoms with Gasteiger partial charge in [-0.1, -0.05) is 0 Å². The molecule has 0 unspecified atom stereocenters. The number of nitrogens with zero attached hydrogens (tertiary/aromatic N) is 4. The van der Waals surface area contributed by atoms with Gasteiger partial charge in [0, 0.05) is 6.08 Å². The zero-order chi connectivity index (χ0) is 13.9. The Balaban J connectivity index is 2.35. The number of carbonyl (C=O) groups excluding carboxylic acids is 1. The van der Waals surface area contributed by atoms with E-state index in [0.717, 1.165) is 0 Å². The molecule has 0 atom stereocenters. The summed E-state index contributed by atoms with van der Waals surface area (Å²) >= 11 is 0. The van der Waals surface area contributed by atoms with E-state index in [2.05, 4.69) is 10.1 Å². The molecule has 2 aromatic rings. The Hall–Kier alpha value is -2.68. The summed E-state index contributed by atoms with van der Waals surface area (Å²) in [5, 5.41) is 13.1. The Morgan fingerprint density at radius 2 is 2.37 bits per heavy atom. The van der Waals surface area contributed by atoms with Crippen LogP contribution in [0.1, 0.15) is 19.6 Å². The van der Waals surface area contributed by atoms with Gasteiger partial charge >= 0.3 is 0 Å². The van der Waals surface area contributed by atoms with E-state index in [1.165, 1.54) is 29.7 Å². The Morgan fingerprint density at radius 3 is 2.89 bits per heavy atom. The molecule has 0 N–H and O–H groups in total. The van der Waals surface area contributed by atoms with Crippen molar-refractivity contribution in [3.8, 4) is 6.07 Å². The Kier molecular flexibility index (Phi) is 3.29. The maximum atomic E-state index is 12.4. The Labute approximate surface area is 110 Å². The molecular formula is C13H12N4O2. The van der Waals surface area contributed by atoms with Gasteiger partial charge in [0.1, 0.15) is 35.6 Å². The molecule has 2 heterocycles. The summed E-state index contributed by atoms with van der Waals surface area (Å²) in [7, 11) is 0. The number of Topliss-reactive ketones (excluding diaryl/α,β-unsaturated/α-hetero) is 1. The van der Waals surface area contributed by atoms with Gasteiger partial charge in [-0.25, -0.2) is 9.67 Å². The Bertz CT molecular complexity index is 631. The van der Waals surface area contributed by atoms with Crippen LogP contribution in [0, 0.1) is 11.3 Å². The van der Waals surface area contributed by atoms with Crippen molar-refractivity contribution in [1.82, 2.24) is 14.8 Å². The summed E-state index contributed by atoms with van der Waals surface area (Å²) < 4.78 is 6.52. The molecule has 0 fully saturated rings. The second-order valence-corrected chi connectivity index (χ2v) is 4.41. The molecule has 0 aliphatic rings. The third-order valence-electron chi connectivity index (χ3n) is 2.74. The van der Waals surface area contributed by atoms with E-state index in [1.54, 1.807) is 26.0 Å². The van der Waals surface area contributed by atoms with Gasteiger partial charge in [-0.3, -0.25) is 4.79 Å². The summed E-state index contributed by atoms with van der Waals surface area (Å²) in [4.78, 5) is 16.2. The van der Waals surface area contributed by atoms with Crippen LogP contribution in [0.4, 0.5) is 0 Å². The molecule has 0 aromatic carbocycles. The number of furan rings is 1. The summed E-state index contributed by atoms with van der Waals surface area (Å²) in [6.07, 6.45) is 5.69. The predicted molar refractivity (Wildman–Crippen MR) is 66.6 cm³/mol. The maximum Gasteiger partial charge on any atom is 0.200 e. The van der Waals surface area contributed by atoms with Crippen molar-refractivity contribution in [3.05, 3.63) is 42.4 Å². The van der Waals surface area contributed by atoms with Crippen LogP contribution < -0.4 is 0 Å². The highest BCUT2D eigenvalue weighted by Gasteiger charge is 2.33. The van der Waals surface area contributed by atoms with Gasteiger partial charge in [0.05, 0.1) is 6.26 Å². The first kappa shape index (κ1) is 12.8. The summed E-state index contributed by atoms with van der Waals surface area (Å²) in [6, 6.07) is 5.26. The number of rotatable bonds is 4. The van der Waals surface area contributed by atoms with Gasteiger partial charge in [0.2, 0.25) is 5.78 Å². The molecule has 0 amide bonds. The van der Waals surface area contributed by atoms with Crippen molar-refractivity contribution >= 4 is 11.9 Å². The molecule has 6 nitrogen and oxygen atoms in total. The second-order valence-electron chi connectivity index (χ2n) is 4.41. The van der Waals surface area contributed by atoms with Crippen LogP contribution in [0.15, 0.2) is 41.0 Å². The smallest absolute Gasteiger partial charge is 0.200 e. The molecule has 0 saturated carbocycles. The highest BCUT2D eigenvalue weighted by Crippen LogP contribution is 2.20. The fourth-order valence-electron chi connectivity index (χ4n) is 1.59. The van der Waals surface area contributed by atoms with Gasteiger partial charge in [-0.15, -0.1) is 0 Å². The molecule has 19 heavy (non-hydrogen) atoms. The van der Waals surface area contributed by atoms with Crippen LogP contribution >= 0.6 is 0 Å². The minimum atomic E-state index is -0.981. The van der Waals surface area contributed by atoms with Crippen LogP contribution in [0.25, 0.3) is 6.08 Å². The molecule has 96 valence electrons. The topological polar surface area (TPSA) is 84.7 Å². The van der Waals surface area contributed by atoms with Gasteiger partial charge in [0.15, 0.2) is 0 Å². The number of ketones is 1. The quantitative estimate of drug-likeness (QED) is 0.615. The maximum absolute atomic E-state index is 12.4. The zero-order valence-electron chi connectivity index (χ0n) is 10.6. The minimum Gasteiger partial charge on any atom is -0.465 e. The molecule has 0 aliphatic heterocycles. The lowest BCUT2D eigenvalue weighted by molar-refractivity contribution is -0.122. The molecule has 0 saturated heterocycles. The number of nitriles is 1. The minimum absolute atomic E-state index is 0.00968. The van der Waals surface area contributed by atoms with Crippen molar-refractivity contribution in [2.45, 2.75) is 19.4 Å². The molecule has 0 bridgehead atoms. The molecule has 2 rings (SSSR count). The van der Waals surface area contributed by atoms with Gasteiger partial charge in [-0.05, 0) is 26.0 Å². The second kappa shape index (κ2) is 4.90. The van der Waals surface area contributed by atoms with Crippen molar-refractivity contribution in [3.63, 3.8) is 0 Å². The molecular weight excluding hydrogens is 244 g/mol. The van der Waals surface area contributed by atoms with Crippen LogP contribution in [-0.2, 0) is 10.3 Å². The molecule has 0 spiro atoms. The van der Waals surface area contributed by atoms with E-state index >= 15 is 0 Å². The monoisotopic (exact) mass is 256 g/mol. The van der Waals surface area contributed by atoms with Gasteiger partial charge in [0.25, 0.3) is 0 Å². The first-order chi connectivity index (χ1) is 9.05. The van der Waals surface area contributed by atoms with Crippen LogP contribution in [0.3, 0.4) is 0 Å². The number of hydrogen-bond acceptors (Lipinski definition) is 5.